The maximum Gasteiger partial charge on any atom is 0.317 e. The number of carbonyl (C=O) groups is 1. The third-order valence-corrected chi connectivity index (χ3v) is 3.16. The number of aliphatic hydroxyl groups is 1. The molecule has 0 heterocycles. The van der Waals surface area contributed by atoms with Crippen molar-refractivity contribution in [3.63, 3.8) is 0 Å². The van der Waals surface area contributed by atoms with E-state index in [1.807, 2.05) is 12.1 Å². The molecule has 5 nitrogen and oxygen atoms in total. The number of hydrogen-bond donors (Lipinski definition) is 2. The Morgan fingerprint density at radius 3 is 2.41 bits per heavy atom. The number of ether oxygens (including phenoxy) is 1. The Bertz CT molecular complexity index is 464. The van der Waals surface area contributed by atoms with Gasteiger partial charge in [-0.1, -0.05) is 26.0 Å². The molecule has 2 amide bonds. The van der Waals surface area contributed by atoms with Crippen molar-refractivity contribution in [3.05, 3.63) is 29.8 Å². The molecule has 1 aromatic rings. The molecular formula is C17H28N2O3. The highest BCUT2D eigenvalue weighted by atomic mass is 16.5. The van der Waals surface area contributed by atoms with Crippen molar-refractivity contribution in [2.45, 2.75) is 39.2 Å². The summed E-state index contributed by atoms with van der Waals surface area (Å²) in [6.45, 7) is 8.73. The summed E-state index contributed by atoms with van der Waals surface area (Å²) >= 11 is 0. The van der Waals surface area contributed by atoms with Crippen LogP contribution in [0.2, 0.25) is 0 Å². The van der Waals surface area contributed by atoms with E-state index in [2.05, 4.69) is 31.3 Å². The second kappa shape index (κ2) is 8.03. The van der Waals surface area contributed by atoms with Crippen LogP contribution in [-0.4, -0.2) is 48.4 Å². The Morgan fingerprint density at radius 2 is 1.91 bits per heavy atom. The van der Waals surface area contributed by atoms with Crippen molar-refractivity contribution in [2.75, 3.05) is 26.7 Å². The smallest absolute Gasteiger partial charge is 0.317 e. The fraction of sp³-hybridized carbons (Fsp3) is 0.588. The maximum atomic E-state index is 11.8. The normalized spacial score (nSPS) is 11.4. The highest BCUT2D eigenvalue weighted by Gasteiger charge is 2.18. The van der Waals surface area contributed by atoms with Crippen LogP contribution in [-0.2, 0) is 0 Å². The minimum absolute atomic E-state index is 0.221. The predicted octanol–water partition coefficient (Wildman–Crippen LogP) is 2.60. The van der Waals surface area contributed by atoms with Gasteiger partial charge in [-0.25, -0.2) is 4.79 Å². The summed E-state index contributed by atoms with van der Waals surface area (Å²) in [5.74, 6) is 1.29. The molecule has 0 aliphatic carbocycles. The van der Waals surface area contributed by atoms with Gasteiger partial charge in [0.05, 0.1) is 18.7 Å². The van der Waals surface area contributed by atoms with Crippen LogP contribution in [0.15, 0.2) is 24.3 Å². The van der Waals surface area contributed by atoms with Crippen molar-refractivity contribution in [2.24, 2.45) is 0 Å². The van der Waals surface area contributed by atoms with E-state index in [1.54, 1.807) is 20.9 Å². The van der Waals surface area contributed by atoms with E-state index < -0.39 is 5.60 Å². The lowest BCUT2D eigenvalue weighted by Gasteiger charge is -2.25. The van der Waals surface area contributed by atoms with Gasteiger partial charge in [-0.3, -0.25) is 0 Å². The highest BCUT2D eigenvalue weighted by Crippen LogP contribution is 2.18. The zero-order valence-corrected chi connectivity index (χ0v) is 14.2. The summed E-state index contributed by atoms with van der Waals surface area (Å²) in [5.41, 5.74) is 0.370. The largest absolute Gasteiger partial charge is 0.492 e. The van der Waals surface area contributed by atoms with E-state index in [0.717, 1.165) is 5.75 Å². The monoisotopic (exact) mass is 308 g/mol. The molecule has 0 saturated carbocycles. The lowest BCUT2D eigenvalue weighted by molar-refractivity contribution is 0.0531. The molecule has 0 fully saturated rings. The Kier molecular flexibility index (Phi) is 6.68. The van der Waals surface area contributed by atoms with E-state index >= 15 is 0 Å². The molecule has 0 aliphatic heterocycles. The average Bonchev–Trinajstić information content (AvgIpc) is 2.42. The predicted molar refractivity (Wildman–Crippen MR) is 88.4 cm³/mol. The summed E-state index contributed by atoms with van der Waals surface area (Å²) in [4.78, 5) is 13.3. The van der Waals surface area contributed by atoms with Crippen molar-refractivity contribution >= 4 is 6.03 Å². The SMILES string of the molecule is CC(C)c1ccc(OCCNC(=O)N(C)CC(C)(C)O)cc1. The molecule has 124 valence electrons. The number of nitrogens with one attached hydrogen (secondary N) is 1. The number of rotatable bonds is 7. The molecule has 2 N–H and O–H groups in total. The first-order chi connectivity index (χ1) is 10.2. The van der Waals surface area contributed by atoms with Crippen LogP contribution in [0.4, 0.5) is 4.79 Å². The number of urea groups is 1. The lowest BCUT2D eigenvalue weighted by atomic mass is 10.0. The van der Waals surface area contributed by atoms with E-state index in [-0.39, 0.29) is 12.6 Å². The van der Waals surface area contributed by atoms with Crippen LogP contribution < -0.4 is 10.1 Å². The molecule has 0 radical (unpaired) electrons. The molecule has 0 aliphatic rings. The van der Waals surface area contributed by atoms with Gasteiger partial charge in [0, 0.05) is 7.05 Å². The molecule has 0 spiro atoms. The van der Waals surface area contributed by atoms with Crippen molar-refractivity contribution in [1.82, 2.24) is 10.2 Å². The van der Waals surface area contributed by atoms with E-state index in [1.165, 1.54) is 10.5 Å². The Balaban J connectivity index is 2.28. The van der Waals surface area contributed by atoms with Crippen molar-refractivity contribution in [3.8, 4) is 5.75 Å². The van der Waals surface area contributed by atoms with Crippen LogP contribution >= 0.6 is 0 Å². The maximum absolute atomic E-state index is 11.8. The molecule has 1 rings (SSSR count). The van der Waals surface area contributed by atoms with Gasteiger partial charge in [-0.2, -0.15) is 0 Å². The first-order valence-corrected chi connectivity index (χ1v) is 7.63. The van der Waals surface area contributed by atoms with Crippen molar-refractivity contribution in [1.29, 1.82) is 0 Å². The number of hydrogen-bond acceptors (Lipinski definition) is 3. The molecule has 0 bridgehead atoms. The Hall–Kier alpha value is -1.75. The minimum atomic E-state index is -0.902. The third-order valence-electron chi connectivity index (χ3n) is 3.16. The van der Waals surface area contributed by atoms with Gasteiger partial charge in [0.25, 0.3) is 0 Å². The molecule has 0 unspecified atom stereocenters. The van der Waals surface area contributed by atoms with Crippen LogP contribution in [0.25, 0.3) is 0 Å². The van der Waals surface area contributed by atoms with Crippen LogP contribution in [0.1, 0.15) is 39.2 Å². The molecule has 0 saturated heterocycles. The molecule has 1 aromatic carbocycles. The first kappa shape index (κ1) is 18.3. The number of benzene rings is 1. The first-order valence-electron chi connectivity index (χ1n) is 7.63. The quantitative estimate of drug-likeness (QED) is 0.761. The number of nitrogens with zero attached hydrogens (tertiary/aromatic N) is 1. The minimum Gasteiger partial charge on any atom is -0.492 e. The van der Waals surface area contributed by atoms with Gasteiger partial charge in [0.2, 0.25) is 0 Å². The molecule has 22 heavy (non-hydrogen) atoms. The highest BCUT2D eigenvalue weighted by molar-refractivity contribution is 5.73. The van der Waals surface area contributed by atoms with Crippen LogP contribution in [0.5, 0.6) is 5.75 Å². The second-order valence-corrected chi connectivity index (χ2v) is 6.47. The Morgan fingerprint density at radius 1 is 1.32 bits per heavy atom. The van der Waals surface area contributed by atoms with Gasteiger partial charge in [-0.15, -0.1) is 0 Å². The zero-order chi connectivity index (χ0) is 16.8. The van der Waals surface area contributed by atoms with Crippen LogP contribution in [0, 0.1) is 0 Å². The summed E-state index contributed by atoms with van der Waals surface area (Å²) in [7, 11) is 1.65. The lowest BCUT2D eigenvalue weighted by Crippen LogP contribution is -2.45. The van der Waals surface area contributed by atoms with Gasteiger partial charge in [0.15, 0.2) is 0 Å². The average molecular weight is 308 g/mol. The van der Waals surface area contributed by atoms with E-state index in [4.69, 9.17) is 4.74 Å². The standard InChI is InChI=1S/C17H28N2O3/c1-13(2)14-6-8-15(9-7-14)22-11-10-18-16(20)19(5)12-17(3,4)21/h6-9,13,21H,10-12H2,1-5H3,(H,18,20). The van der Waals surface area contributed by atoms with Gasteiger partial charge in [0.1, 0.15) is 12.4 Å². The summed E-state index contributed by atoms with van der Waals surface area (Å²) in [5, 5.41) is 12.4. The van der Waals surface area contributed by atoms with E-state index in [0.29, 0.717) is 19.1 Å². The Labute approximate surface area is 133 Å². The van der Waals surface area contributed by atoms with Gasteiger partial charge in [-0.05, 0) is 37.5 Å². The molecule has 5 heteroatoms. The van der Waals surface area contributed by atoms with Crippen molar-refractivity contribution < 1.29 is 14.6 Å². The number of likely N-dealkylation sites (N-methyl/N-ethyl adjacent to an activating group) is 1. The summed E-state index contributed by atoms with van der Waals surface area (Å²) in [6.07, 6.45) is 0. The fourth-order valence-corrected chi connectivity index (χ4v) is 2.06. The van der Waals surface area contributed by atoms with Crippen LogP contribution in [0.3, 0.4) is 0 Å². The molecule has 0 aromatic heterocycles. The summed E-state index contributed by atoms with van der Waals surface area (Å²) < 4.78 is 5.59. The topological polar surface area (TPSA) is 61.8 Å². The summed E-state index contributed by atoms with van der Waals surface area (Å²) in [6, 6.07) is 7.77. The van der Waals surface area contributed by atoms with E-state index in [9.17, 15) is 9.90 Å². The van der Waals surface area contributed by atoms with Gasteiger partial charge < -0.3 is 20.1 Å². The zero-order valence-electron chi connectivity index (χ0n) is 14.2. The molecular weight excluding hydrogens is 280 g/mol. The fourth-order valence-electron chi connectivity index (χ4n) is 2.06. The third kappa shape index (κ3) is 6.80. The van der Waals surface area contributed by atoms with Gasteiger partial charge >= 0.3 is 6.03 Å². The molecule has 0 atom stereocenters. The number of amides is 2. The number of carbonyl (C=O) groups excluding carboxylic acids is 1. The second-order valence-electron chi connectivity index (χ2n) is 6.47.